The molecule has 0 fully saturated rings. The first-order valence-electron chi connectivity index (χ1n) is 8.42. The van der Waals surface area contributed by atoms with E-state index >= 15 is 0 Å². The summed E-state index contributed by atoms with van der Waals surface area (Å²) in [7, 11) is 0. The van der Waals surface area contributed by atoms with Crippen molar-refractivity contribution in [3.8, 4) is 0 Å². The van der Waals surface area contributed by atoms with Crippen molar-refractivity contribution in [3.05, 3.63) is 0 Å². The molecule has 0 rings (SSSR count). The molecule has 0 heterocycles. The van der Waals surface area contributed by atoms with Gasteiger partial charge in [0.25, 0.3) is 0 Å². The van der Waals surface area contributed by atoms with Crippen LogP contribution in [0.15, 0.2) is 0 Å². The summed E-state index contributed by atoms with van der Waals surface area (Å²) in [4.78, 5) is 10.9. The lowest BCUT2D eigenvalue weighted by atomic mass is 9.91. The van der Waals surface area contributed by atoms with Crippen LogP contribution in [0.25, 0.3) is 0 Å². The van der Waals surface area contributed by atoms with Crippen LogP contribution >= 0.6 is 0 Å². The first-order chi connectivity index (χ1) is 9.20. The van der Waals surface area contributed by atoms with E-state index in [2.05, 4.69) is 13.8 Å². The molecule has 0 aromatic rings. The van der Waals surface area contributed by atoms with Gasteiger partial charge in [0.15, 0.2) is 0 Å². The molecule has 0 radical (unpaired) electrons. The van der Waals surface area contributed by atoms with Crippen LogP contribution in [0.5, 0.6) is 0 Å². The summed E-state index contributed by atoms with van der Waals surface area (Å²) < 4.78 is 0. The molecule has 1 atom stereocenters. The van der Waals surface area contributed by atoms with Crippen LogP contribution in [-0.2, 0) is 4.79 Å². The molecule has 2 nitrogen and oxygen atoms in total. The molecule has 0 spiro atoms. The minimum atomic E-state index is -0.619. The van der Waals surface area contributed by atoms with Gasteiger partial charge < -0.3 is 5.11 Å². The minimum absolute atomic E-state index is 0.376. The Bertz CT molecular complexity index is 201. The first-order valence-corrected chi connectivity index (χ1v) is 8.42. The van der Waals surface area contributed by atoms with Gasteiger partial charge in [-0.15, -0.1) is 0 Å². The fraction of sp³-hybridized carbons (Fsp3) is 0.941. The number of carbonyl (C=O) groups is 1. The van der Waals surface area contributed by atoms with Gasteiger partial charge in [-0.3, -0.25) is 4.79 Å². The Morgan fingerprint density at radius 2 is 1.21 bits per heavy atom. The van der Waals surface area contributed by atoms with Gasteiger partial charge in [0, 0.05) is 6.42 Å². The Kier molecular flexibility index (Phi) is 13.5. The zero-order chi connectivity index (χ0) is 14.3. The number of aliphatic carboxylic acids is 1. The number of hydrogen-bond donors (Lipinski definition) is 1. The van der Waals surface area contributed by atoms with Crippen LogP contribution in [-0.4, -0.2) is 11.1 Å². The molecule has 0 aromatic carbocycles. The molecule has 0 aliphatic carbocycles. The van der Waals surface area contributed by atoms with Crippen molar-refractivity contribution in [1.29, 1.82) is 0 Å². The van der Waals surface area contributed by atoms with Crippen LogP contribution in [0.3, 0.4) is 0 Å². The van der Waals surface area contributed by atoms with Crippen molar-refractivity contribution in [2.24, 2.45) is 5.92 Å². The Labute approximate surface area is 120 Å². The van der Waals surface area contributed by atoms with E-state index in [9.17, 15) is 4.79 Å². The van der Waals surface area contributed by atoms with E-state index in [4.69, 9.17) is 5.11 Å². The molecule has 0 saturated carbocycles. The molecular weight excluding hydrogens is 236 g/mol. The highest BCUT2D eigenvalue weighted by atomic mass is 16.4. The normalized spacial score (nSPS) is 12.5. The van der Waals surface area contributed by atoms with Crippen LogP contribution < -0.4 is 0 Å². The van der Waals surface area contributed by atoms with E-state index in [-0.39, 0.29) is 0 Å². The van der Waals surface area contributed by atoms with Crippen molar-refractivity contribution in [3.63, 3.8) is 0 Å². The maximum Gasteiger partial charge on any atom is 0.303 e. The molecule has 0 aliphatic rings. The predicted octanol–water partition coefficient (Wildman–Crippen LogP) is 5.80. The average molecular weight is 270 g/mol. The molecule has 0 amide bonds. The van der Waals surface area contributed by atoms with E-state index in [0.717, 1.165) is 12.8 Å². The number of carboxylic acids is 1. The van der Waals surface area contributed by atoms with E-state index in [1.54, 1.807) is 0 Å². The number of hydrogen-bond acceptors (Lipinski definition) is 1. The average Bonchev–Trinajstić information content (AvgIpc) is 2.37. The highest BCUT2D eigenvalue weighted by Crippen LogP contribution is 2.21. The largest absolute Gasteiger partial charge is 0.481 e. The van der Waals surface area contributed by atoms with Crippen molar-refractivity contribution >= 4 is 5.97 Å². The maximum absolute atomic E-state index is 10.9. The molecular formula is C17H34O2. The number of unbranched alkanes of at least 4 members (excludes halogenated alkanes) is 8. The summed E-state index contributed by atoms with van der Waals surface area (Å²) in [6.45, 7) is 4.45. The van der Waals surface area contributed by atoms with Crippen molar-refractivity contribution in [2.75, 3.05) is 0 Å². The second kappa shape index (κ2) is 13.9. The van der Waals surface area contributed by atoms with Gasteiger partial charge in [-0.05, 0) is 18.8 Å². The smallest absolute Gasteiger partial charge is 0.303 e. The third kappa shape index (κ3) is 13.7. The Morgan fingerprint density at radius 1 is 0.789 bits per heavy atom. The van der Waals surface area contributed by atoms with Crippen LogP contribution in [0.4, 0.5) is 0 Å². The third-order valence-corrected chi connectivity index (χ3v) is 3.90. The molecule has 0 unspecified atom stereocenters. The molecule has 1 N–H and O–H groups in total. The standard InChI is InChI=1S/C17H34O2/c1-3-5-7-9-10-12-14-16(15-17(18)19)13-11-8-6-4-2/h16H,3-15H2,1-2H3,(H,18,19)/t16-/m0/s1. The van der Waals surface area contributed by atoms with Gasteiger partial charge in [0.2, 0.25) is 0 Å². The zero-order valence-corrected chi connectivity index (χ0v) is 13.1. The van der Waals surface area contributed by atoms with E-state index < -0.39 is 5.97 Å². The van der Waals surface area contributed by atoms with Crippen LogP contribution in [0.1, 0.15) is 97.3 Å². The molecule has 19 heavy (non-hydrogen) atoms. The first kappa shape index (κ1) is 18.5. The third-order valence-electron chi connectivity index (χ3n) is 3.90. The summed E-state index contributed by atoms with van der Waals surface area (Å²) in [6.07, 6.45) is 15.4. The SMILES string of the molecule is CCCCCCCC[C@H](CCCCCC)CC(=O)O. The Morgan fingerprint density at radius 3 is 1.68 bits per heavy atom. The lowest BCUT2D eigenvalue weighted by Gasteiger charge is -2.14. The van der Waals surface area contributed by atoms with E-state index in [1.807, 2.05) is 0 Å². The molecule has 2 heteroatoms. The summed E-state index contributed by atoms with van der Waals surface area (Å²) in [5.74, 6) is -0.202. The van der Waals surface area contributed by atoms with Crippen molar-refractivity contribution in [2.45, 2.75) is 97.3 Å². The minimum Gasteiger partial charge on any atom is -0.481 e. The predicted molar refractivity (Wildman–Crippen MR) is 82.5 cm³/mol. The summed E-state index contributed by atoms with van der Waals surface area (Å²) >= 11 is 0. The topological polar surface area (TPSA) is 37.3 Å². The van der Waals surface area contributed by atoms with Gasteiger partial charge >= 0.3 is 5.97 Å². The second-order valence-corrected chi connectivity index (χ2v) is 5.87. The quantitative estimate of drug-likeness (QED) is 0.405. The van der Waals surface area contributed by atoms with E-state index in [1.165, 1.54) is 64.2 Å². The summed E-state index contributed by atoms with van der Waals surface area (Å²) in [5, 5.41) is 8.96. The Balaban J connectivity index is 3.64. The zero-order valence-electron chi connectivity index (χ0n) is 13.1. The molecule has 0 bridgehead atoms. The summed E-state index contributed by atoms with van der Waals surface area (Å²) in [5.41, 5.74) is 0. The van der Waals surface area contributed by atoms with Gasteiger partial charge in [-0.25, -0.2) is 0 Å². The van der Waals surface area contributed by atoms with Crippen LogP contribution in [0, 0.1) is 5.92 Å². The molecule has 0 saturated heterocycles. The maximum atomic E-state index is 10.9. The highest BCUT2D eigenvalue weighted by molar-refractivity contribution is 5.66. The fourth-order valence-corrected chi connectivity index (χ4v) is 2.67. The van der Waals surface area contributed by atoms with Gasteiger partial charge in [0.05, 0.1) is 0 Å². The lowest BCUT2D eigenvalue weighted by Crippen LogP contribution is -2.08. The van der Waals surface area contributed by atoms with Crippen molar-refractivity contribution < 1.29 is 9.90 Å². The van der Waals surface area contributed by atoms with Crippen molar-refractivity contribution in [1.82, 2.24) is 0 Å². The van der Waals surface area contributed by atoms with E-state index in [0.29, 0.717) is 12.3 Å². The Hall–Kier alpha value is -0.530. The number of carboxylic acid groups (broad SMARTS) is 1. The molecule has 114 valence electrons. The van der Waals surface area contributed by atoms with Crippen LogP contribution in [0.2, 0.25) is 0 Å². The highest BCUT2D eigenvalue weighted by Gasteiger charge is 2.12. The fourth-order valence-electron chi connectivity index (χ4n) is 2.67. The monoisotopic (exact) mass is 270 g/mol. The van der Waals surface area contributed by atoms with Gasteiger partial charge in [-0.1, -0.05) is 78.1 Å². The molecule has 0 aromatic heterocycles. The number of rotatable bonds is 14. The lowest BCUT2D eigenvalue weighted by molar-refractivity contribution is -0.138. The molecule has 0 aliphatic heterocycles. The summed E-state index contributed by atoms with van der Waals surface area (Å²) in [6, 6.07) is 0. The van der Waals surface area contributed by atoms with Gasteiger partial charge in [-0.2, -0.15) is 0 Å². The second-order valence-electron chi connectivity index (χ2n) is 5.87. The van der Waals surface area contributed by atoms with Gasteiger partial charge in [0.1, 0.15) is 0 Å².